The minimum Gasteiger partial charge on any atom is -0.481 e. The Kier molecular flexibility index (Phi) is 9.43. The molecular formula is C12H24N2O3. The molecule has 0 atom stereocenters. The molecule has 0 radical (unpaired) electrons. The summed E-state index contributed by atoms with van der Waals surface area (Å²) < 4.78 is 0. The molecule has 1 fully saturated rings. The van der Waals surface area contributed by atoms with E-state index in [1.807, 2.05) is 0 Å². The van der Waals surface area contributed by atoms with Crippen LogP contribution >= 0.6 is 0 Å². The zero-order valence-corrected chi connectivity index (χ0v) is 10.8. The van der Waals surface area contributed by atoms with E-state index in [4.69, 9.17) is 5.11 Å². The fourth-order valence-corrected chi connectivity index (χ4v) is 1.71. The number of nitrogens with zero attached hydrogens (tertiary/aromatic N) is 1. The lowest BCUT2D eigenvalue weighted by atomic mass is 9.95. The molecule has 0 aromatic rings. The molecule has 5 nitrogen and oxygen atoms in total. The van der Waals surface area contributed by atoms with E-state index in [0.29, 0.717) is 6.41 Å². The van der Waals surface area contributed by atoms with Crippen LogP contribution in [0.4, 0.5) is 0 Å². The van der Waals surface area contributed by atoms with E-state index in [1.54, 1.807) is 0 Å². The van der Waals surface area contributed by atoms with Crippen molar-refractivity contribution in [1.82, 2.24) is 10.2 Å². The molecule has 17 heavy (non-hydrogen) atoms. The van der Waals surface area contributed by atoms with E-state index in [-0.39, 0.29) is 13.0 Å². The van der Waals surface area contributed by atoms with Gasteiger partial charge in [-0.1, -0.05) is 13.3 Å². The van der Waals surface area contributed by atoms with Crippen molar-refractivity contribution in [2.24, 2.45) is 5.92 Å². The predicted molar refractivity (Wildman–Crippen MR) is 66.8 cm³/mol. The van der Waals surface area contributed by atoms with Crippen molar-refractivity contribution in [2.45, 2.75) is 32.6 Å². The van der Waals surface area contributed by atoms with Gasteiger partial charge in [0.05, 0.1) is 6.42 Å². The summed E-state index contributed by atoms with van der Waals surface area (Å²) in [7, 11) is 2.21. The molecular weight excluding hydrogens is 220 g/mol. The highest BCUT2D eigenvalue weighted by molar-refractivity contribution is 5.67. The normalized spacial score (nSPS) is 16.8. The van der Waals surface area contributed by atoms with Crippen LogP contribution in [0.3, 0.4) is 0 Å². The number of carboxylic acid groups (broad SMARTS) is 1. The molecule has 100 valence electrons. The average molecular weight is 244 g/mol. The molecule has 1 aliphatic rings. The number of nitrogens with one attached hydrogen (secondary N) is 1. The summed E-state index contributed by atoms with van der Waals surface area (Å²) in [5, 5.41) is 10.2. The molecule has 0 aromatic heterocycles. The SMILES string of the molecule is CCC1CCN(C)CC1.O=CNCCC(=O)O. The van der Waals surface area contributed by atoms with E-state index >= 15 is 0 Å². The number of rotatable bonds is 5. The van der Waals surface area contributed by atoms with Crippen LogP contribution < -0.4 is 5.32 Å². The van der Waals surface area contributed by atoms with E-state index in [0.717, 1.165) is 5.92 Å². The Morgan fingerprint density at radius 2 is 2.06 bits per heavy atom. The molecule has 0 aromatic carbocycles. The van der Waals surface area contributed by atoms with E-state index < -0.39 is 5.97 Å². The topological polar surface area (TPSA) is 69.6 Å². The largest absolute Gasteiger partial charge is 0.481 e. The Morgan fingerprint density at radius 1 is 1.47 bits per heavy atom. The summed E-state index contributed by atoms with van der Waals surface area (Å²) in [4.78, 5) is 21.6. The summed E-state index contributed by atoms with van der Waals surface area (Å²) in [5.41, 5.74) is 0. The highest BCUT2D eigenvalue weighted by atomic mass is 16.4. The quantitative estimate of drug-likeness (QED) is 0.558. The van der Waals surface area contributed by atoms with Gasteiger partial charge in [0.25, 0.3) is 0 Å². The molecule has 0 spiro atoms. The monoisotopic (exact) mass is 244 g/mol. The van der Waals surface area contributed by atoms with E-state index in [9.17, 15) is 9.59 Å². The van der Waals surface area contributed by atoms with Gasteiger partial charge in [-0.2, -0.15) is 0 Å². The lowest BCUT2D eigenvalue weighted by molar-refractivity contribution is -0.136. The van der Waals surface area contributed by atoms with Crippen LogP contribution in [0.1, 0.15) is 32.6 Å². The van der Waals surface area contributed by atoms with Gasteiger partial charge >= 0.3 is 5.97 Å². The second-order valence-electron chi connectivity index (χ2n) is 4.37. The summed E-state index contributed by atoms with van der Waals surface area (Å²) in [5.74, 6) is 0.126. The van der Waals surface area contributed by atoms with Crippen molar-refractivity contribution in [2.75, 3.05) is 26.7 Å². The molecule has 1 aliphatic heterocycles. The summed E-state index contributed by atoms with van der Waals surface area (Å²) in [6, 6.07) is 0. The lowest BCUT2D eigenvalue weighted by Gasteiger charge is -2.27. The number of amides is 1. The fraction of sp³-hybridized carbons (Fsp3) is 0.833. The maximum Gasteiger partial charge on any atom is 0.305 e. The minimum absolute atomic E-state index is 0.0151. The molecule has 2 N–H and O–H groups in total. The van der Waals surface area contributed by atoms with E-state index in [1.165, 1.54) is 32.4 Å². The van der Waals surface area contributed by atoms with Gasteiger partial charge < -0.3 is 15.3 Å². The highest BCUT2D eigenvalue weighted by Gasteiger charge is 2.13. The second kappa shape index (κ2) is 10.1. The van der Waals surface area contributed by atoms with Gasteiger partial charge in [-0.3, -0.25) is 9.59 Å². The number of piperidine rings is 1. The Balaban J connectivity index is 0.000000304. The number of hydrogen-bond acceptors (Lipinski definition) is 3. The first-order chi connectivity index (χ1) is 8.10. The van der Waals surface area contributed by atoms with Gasteiger partial charge in [0, 0.05) is 6.54 Å². The number of carboxylic acids is 1. The van der Waals surface area contributed by atoms with Crippen molar-refractivity contribution in [3.05, 3.63) is 0 Å². The van der Waals surface area contributed by atoms with Crippen molar-refractivity contribution in [3.63, 3.8) is 0 Å². The number of hydrogen-bond donors (Lipinski definition) is 2. The Bertz CT molecular complexity index is 214. The molecule has 1 rings (SSSR count). The third-order valence-electron chi connectivity index (χ3n) is 2.98. The molecule has 0 saturated carbocycles. The highest BCUT2D eigenvalue weighted by Crippen LogP contribution is 2.18. The van der Waals surface area contributed by atoms with Crippen molar-refractivity contribution in [3.8, 4) is 0 Å². The smallest absolute Gasteiger partial charge is 0.305 e. The van der Waals surface area contributed by atoms with Gasteiger partial charge in [0.1, 0.15) is 0 Å². The van der Waals surface area contributed by atoms with Crippen LogP contribution in [-0.2, 0) is 9.59 Å². The molecule has 1 heterocycles. The second-order valence-corrected chi connectivity index (χ2v) is 4.37. The van der Waals surface area contributed by atoms with Crippen LogP contribution in [0.15, 0.2) is 0 Å². The van der Waals surface area contributed by atoms with Crippen LogP contribution in [-0.4, -0.2) is 49.1 Å². The third-order valence-corrected chi connectivity index (χ3v) is 2.98. The molecule has 1 amide bonds. The molecule has 5 heteroatoms. The first kappa shape index (κ1) is 15.9. The molecule has 0 unspecified atom stereocenters. The van der Waals surface area contributed by atoms with Gasteiger partial charge in [0.15, 0.2) is 0 Å². The van der Waals surface area contributed by atoms with Crippen molar-refractivity contribution in [1.29, 1.82) is 0 Å². The standard InChI is InChI=1S/C8H17N.C4H7NO3/c1-3-8-4-6-9(2)7-5-8;6-3-5-2-1-4(7)8/h8H,3-7H2,1-2H3;3H,1-2H2,(H,5,6)(H,7,8). The Morgan fingerprint density at radius 3 is 2.47 bits per heavy atom. The van der Waals surface area contributed by atoms with Crippen molar-refractivity contribution < 1.29 is 14.7 Å². The minimum atomic E-state index is -0.903. The lowest BCUT2D eigenvalue weighted by Crippen LogP contribution is -2.29. The van der Waals surface area contributed by atoms with Crippen molar-refractivity contribution >= 4 is 12.4 Å². The zero-order valence-electron chi connectivity index (χ0n) is 10.8. The average Bonchev–Trinajstić information content (AvgIpc) is 2.31. The molecule has 1 saturated heterocycles. The van der Waals surface area contributed by atoms with Crippen LogP contribution in [0.5, 0.6) is 0 Å². The van der Waals surface area contributed by atoms with Gasteiger partial charge in [-0.25, -0.2) is 0 Å². The number of carbonyl (C=O) groups is 2. The summed E-state index contributed by atoms with van der Waals surface area (Å²) in [6.07, 6.45) is 4.69. The third kappa shape index (κ3) is 9.81. The van der Waals surface area contributed by atoms with Crippen LogP contribution in [0, 0.1) is 5.92 Å². The summed E-state index contributed by atoms with van der Waals surface area (Å²) >= 11 is 0. The first-order valence-corrected chi connectivity index (χ1v) is 6.17. The Hall–Kier alpha value is -1.10. The van der Waals surface area contributed by atoms with Gasteiger partial charge in [-0.05, 0) is 38.9 Å². The fourth-order valence-electron chi connectivity index (χ4n) is 1.71. The summed E-state index contributed by atoms with van der Waals surface area (Å²) in [6.45, 7) is 5.14. The predicted octanol–water partition coefficient (Wildman–Crippen LogP) is 0.945. The number of aliphatic carboxylic acids is 1. The van der Waals surface area contributed by atoms with E-state index in [2.05, 4.69) is 24.2 Å². The van der Waals surface area contributed by atoms with Gasteiger partial charge in [-0.15, -0.1) is 0 Å². The Labute approximate surface area is 103 Å². The maximum atomic E-state index is 9.72. The number of carbonyl (C=O) groups excluding carboxylic acids is 1. The van der Waals surface area contributed by atoms with Crippen LogP contribution in [0.25, 0.3) is 0 Å². The maximum absolute atomic E-state index is 9.72. The van der Waals surface area contributed by atoms with Gasteiger partial charge in [0.2, 0.25) is 6.41 Å². The zero-order chi connectivity index (χ0) is 13.1. The first-order valence-electron chi connectivity index (χ1n) is 6.17. The molecule has 0 aliphatic carbocycles. The van der Waals surface area contributed by atoms with Crippen LogP contribution in [0.2, 0.25) is 0 Å². The molecule has 0 bridgehead atoms. The number of likely N-dealkylation sites (tertiary alicyclic amines) is 1.